The summed E-state index contributed by atoms with van der Waals surface area (Å²) in [5, 5.41) is 1.64. The molecule has 1 aromatic rings. The van der Waals surface area contributed by atoms with Crippen molar-refractivity contribution in [1.82, 2.24) is 0 Å². The Morgan fingerprint density at radius 3 is 2.35 bits per heavy atom. The zero-order valence-electron chi connectivity index (χ0n) is 9.18. The van der Waals surface area contributed by atoms with Crippen molar-refractivity contribution in [2.45, 2.75) is 23.3 Å². The standard InChI is InChI=1S/C12H12S4Te/c13-10(2-8-4-15-8)7-1-12(17-6-7)11(14)3-9-5-16-9/h1,6,8-9H,2-5H2. The summed E-state index contributed by atoms with van der Waals surface area (Å²) < 4.78 is 3.86. The van der Waals surface area contributed by atoms with Crippen molar-refractivity contribution in [3.05, 3.63) is 19.3 Å². The second-order valence-corrected chi connectivity index (χ2v) is 10.6. The van der Waals surface area contributed by atoms with Crippen LogP contribution in [-0.2, 0) is 0 Å². The van der Waals surface area contributed by atoms with E-state index in [0.29, 0.717) is 0 Å². The van der Waals surface area contributed by atoms with E-state index < -0.39 is 0 Å². The summed E-state index contributed by atoms with van der Waals surface area (Å²) in [6, 6.07) is 2.30. The molecular formula is C12H12S4Te. The van der Waals surface area contributed by atoms with Crippen LogP contribution in [0.15, 0.2) is 10.1 Å². The summed E-state index contributed by atoms with van der Waals surface area (Å²) >= 11 is 14.9. The Balaban J connectivity index is 1.63. The Kier molecular flexibility index (Phi) is 4.37. The number of thiocarbonyl (C=S) groups is 2. The first-order valence-electron chi connectivity index (χ1n) is 5.60. The van der Waals surface area contributed by atoms with Crippen LogP contribution in [0.1, 0.15) is 22.0 Å². The van der Waals surface area contributed by atoms with E-state index in [9.17, 15) is 0 Å². The molecule has 0 bridgehead atoms. The second-order valence-electron chi connectivity index (χ2n) is 4.36. The van der Waals surface area contributed by atoms with Crippen molar-refractivity contribution in [3.8, 4) is 0 Å². The van der Waals surface area contributed by atoms with Gasteiger partial charge in [-0.2, -0.15) is 0 Å². The van der Waals surface area contributed by atoms with Gasteiger partial charge in [-0.05, 0) is 0 Å². The van der Waals surface area contributed by atoms with Crippen molar-refractivity contribution < 1.29 is 0 Å². The molecule has 0 aliphatic carbocycles. The zero-order valence-corrected chi connectivity index (χ0v) is 14.8. The maximum absolute atomic E-state index is 5.54. The minimum absolute atomic E-state index is 0.174. The number of rotatable bonds is 6. The third-order valence-corrected chi connectivity index (χ3v) is 8.79. The van der Waals surface area contributed by atoms with Crippen LogP contribution in [0.5, 0.6) is 0 Å². The summed E-state index contributed by atoms with van der Waals surface area (Å²) in [5.41, 5.74) is 1.33. The van der Waals surface area contributed by atoms with E-state index in [2.05, 4.69) is 10.1 Å². The molecule has 0 spiro atoms. The minimum atomic E-state index is -0.174. The fourth-order valence-electron chi connectivity index (χ4n) is 1.63. The molecular weight excluding hydrogens is 400 g/mol. The van der Waals surface area contributed by atoms with Crippen LogP contribution in [0.4, 0.5) is 0 Å². The molecule has 0 aromatic carbocycles. The van der Waals surface area contributed by atoms with Crippen LogP contribution in [0.25, 0.3) is 0 Å². The Hall–Kier alpha value is 1.15. The molecule has 90 valence electrons. The van der Waals surface area contributed by atoms with Crippen molar-refractivity contribution in [2.75, 3.05) is 11.5 Å². The van der Waals surface area contributed by atoms with Gasteiger partial charge in [-0.1, -0.05) is 0 Å². The van der Waals surface area contributed by atoms with Gasteiger partial charge in [0.25, 0.3) is 0 Å². The van der Waals surface area contributed by atoms with E-state index in [1.54, 1.807) is 0 Å². The van der Waals surface area contributed by atoms with Gasteiger partial charge in [0.05, 0.1) is 0 Å². The molecule has 2 aliphatic heterocycles. The Morgan fingerprint density at radius 2 is 1.76 bits per heavy atom. The fourth-order valence-corrected chi connectivity index (χ4v) is 6.55. The first kappa shape index (κ1) is 13.1. The molecule has 2 unspecified atom stereocenters. The van der Waals surface area contributed by atoms with E-state index in [0.717, 1.165) is 23.3 Å². The average molecular weight is 412 g/mol. The van der Waals surface area contributed by atoms with Gasteiger partial charge >= 0.3 is 132 Å². The summed E-state index contributed by atoms with van der Waals surface area (Å²) in [5.74, 6) is 2.61. The third kappa shape index (κ3) is 3.81. The van der Waals surface area contributed by atoms with E-state index in [4.69, 9.17) is 24.4 Å². The van der Waals surface area contributed by atoms with Gasteiger partial charge in [0.2, 0.25) is 0 Å². The predicted octanol–water partition coefficient (Wildman–Crippen LogP) is 3.19. The van der Waals surface area contributed by atoms with Gasteiger partial charge in [0.1, 0.15) is 0 Å². The molecule has 2 fully saturated rings. The predicted molar refractivity (Wildman–Crippen MR) is 88.5 cm³/mol. The molecule has 5 heteroatoms. The Morgan fingerprint density at radius 1 is 1.18 bits per heavy atom. The molecule has 0 nitrogen and oxygen atoms in total. The van der Waals surface area contributed by atoms with Crippen LogP contribution in [-0.4, -0.2) is 52.2 Å². The van der Waals surface area contributed by atoms with E-state index in [-0.39, 0.29) is 20.4 Å². The van der Waals surface area contributed by atoms with Gasteiger partial charge in [-0.25, -0.2) is 0 Å². The maximum atomic E-state index is 5.54. The fraction of sp³-hybridized carbons (Fsp3) is 0.500. The van der Waals surface area contributed by atoms with Crippen molar-refractivity contribution in [3.63, 3.8) is 0 Å². The molecule has 0 N–H and O–H groups in total. The molecule has 0 amide bonds. The van der Waals surface area contributed by atoms with Crippen LogP contribution < -0.4 is 0 Å². The summed E-state index contributed by atoms with van der Waals surface area (Å²) in [6.07, 6.45) is 2.23. The molecule has 3 heterocycles. The Labute approximate surface area is 131 Å². The van der Waals surface area contributed by atoms with Crippen molar-refractivity contribution in [1.29, 1.82) is 0 Å². The SMILES string of the molecule is S=C(CC1CS1)c1c[te]c(C(=S)CC2CS2)c1. The van der Waals surface area contributed by atoms with E-state index in [1.165, 1.54) is 30.4 Å². The zero-order chi connectivity index (χ0) is 11.8. The molecule has 2 aliphatic rings. The molecule has 2 saturated heterocycles. The van der Waals surface area contributed by atoms with Crippen LogP contribution >= 0.6 is 48.0 Å². The van der Waals surface area contributed by atoms with E-state index >= 15 is 0 Å². The normalized spacial score (nSPS) is 25.6. The van der Waals surface area contributed by atoms with Crippen LogP contribution in [0, 0.1) is 0 Å². The third-order valence-electron chi connectivity index (χ3n) is 2.83. The summed E-state index contributed by atoms with van der Waals surface area (Å²) in [4.78, 5) is 2.39. The van der Waals surface area contributed by atoms with Gasteiger partial charge in [-0.3, -0.25) is 0 Å². The summed E-state index contributed by atoms with van der Waals surface area (Å²) in [7, 11) is 0. The number of hydrogen-bond acceptors (Lipinski definition) is 4. The number of thioether (sulfide) groups is 2. The monoisotopic (exact) mass is 414 g/mol. The molecule has 2 atom stereocenters. The average Bonchev–Trinajstić information content (AvgIpc) is 3.22. The second kappa shape index (κ2) is 5.64. The van der Waals surface area contributed by atoms with Crippen LogP contribution in [0.2, 0.25) is 0 Å². The first-order chi connectivity index (χ1) is 8.22. The van der Waals surface area contributed by atoms with Gasteiger partial charge in [0.15, 0.2) is 0 Å². The molecule has 0 saturated carbocycles. The molecule has 0 radical (unpaired) electrons. The molecule has 3 rings (SSSR count). The van der Waals surface area contributed by atoms with Crippen molar-refractivity contribution >= 4 is 78.1 Å². The van der Waals surface area contributed by atoms with Crippen LogP contribution in [0.3, 0.4) is 0 Å². The Bertz CT molecular complexity index is 416. The quantitative estimate of drug-likeness (QED) is 0.305. The molecule has 1 aromatic heterocycles. The first-order valence-corrected chi connectivity index (χ1v) is 11.0. The van der Waals surface area contributed by atoms with Gasteiger partial charge in [-0.15, -0.1) is 0 Å². The van der Waals surface area contributed by atoms with E-state index in [1.807, 2.05) is 23.5 Å². The summed E-state index contributed by atoms with van der Waals surface area (Å²) in [6.45, 7) is 0. The van der Waals surface area contributed by atoms with Gasteiger partial charge < -0.3 is 0 Å². The van der Waals surface area contributed by atoms with Crippen molar-refractivity contribution in [2.24, 2.45) is 0 Å². The topological polar surface area (TPSA) is 0 Å². The number of hydrogen-bond donors (Lipinski definition) is 0. The van der Waals surface area contributed by atoms with Gasteiger partial charge in [0, 0.05) is 0 Å². The molecule has 17 heavy (non-hydrogen) atoms.